The molecular weight excluding hydrogens is 310 g/mol. The van der Waals surface area contributed by atoms with Gasteiger partial charge >= 0.3 is 0 Å². The molecule has 0 saturated heterocycles. The summed E-state index contributed by atoms with van der Waals surface area (Å²) in [5, 5.41) is 24.2. The topological polar surface area (TPSA) is 52.5 Å². The zero-order valence-electron chi connectivity index (χ0n) is 13.4. The van der Waals surface area contributed by atoms with E-state index < -0.39 is 0 Å². The van der Waals surface area contributed by atoms with E-state index in [9.17, 15) is 10.2 Å². The Kier molecular flexibility index (Phi) is 3.86. The first-order valence-electron chi connectivity index (χ1n) is 7.56. The summed E-state index contributed by atoms with van der Waals surface area (Å²) < 4.78 is 0. The summed E-state index contributed by atoms with van der Waals surface area (Å²) in [6.07, 6.45) is 2.15. The van der Waals surface area contributed by atoms with Crippen molar-refractivity contribution in [2.24, 2.45) is 0 Å². The number of halogens is 1. The SMILES string of the molecule is CC1=CC(C)(C)Nc2ccc(-c3cc(Cl)ccc3O)c(CO)c21. The van der Waals surface area contributed by atoms with Gasteiger partial charge in [0.05, 0.1) is 12.1 Å². The maximum atomic E-state index is 10.2. The van der Waals surface area contributed by atoms with Crippen LogP contribution < -0.4 is 5.32 Å². The standard InChI is InChI=1S/C19H20ClNO2/c1-11-9-19(2,3)21-16-6-5-13(15(10-22)18(11)16)14-8-12(20)4-7-17(14)23/h4-9,21-23H,10H2,1-3H3. The van der Waals surface area contributed by atoms with Crippen LogP contribution in [-0.4, -0.2) is 15.8 Å². The van der Waals surface area contributed by atoms with Crippen LogP contribution in [0.4, 0.5) is 5.69 Å². The Labute approximate surface area is 141 Å². The summed E-state index contributed by atoms with van der Waals surface area (Å²) in [7, 11) is 0. The lowest BCUT2D eigenvalue weighted by molar-refractivity contribution is 0.282. The maximum Gasteiger partial charge on any atom is 0.123 e. The predicted octanol–water partition coefficient (Wildman–Crippen LogP) is 4.81. The molecule has 0 spiro atoms. The minimum Gasteiger partial charge on any atom is -0.507 e. The van der Waals surface area contributed by atoms with Crippen LogP contribution in [0.1, 0.15) is 31.9 Å². The number of rotatable bonds is 2. The molecule has 1 heterocycles. The Bertz CT molecular complexity index is 809. The first-order valence-corrected chi connectivity index (χ1v) is 7.94. The van der Waals surface area contributed by atoms with Gasteiger partial charge in [0.15, 0.2) is 0 Å². The summed E-state index contributed by atoms with van der Waals surface area (Å²) in [4.78, 5) is 0. The lowest BCUT2D eigenvalue weighted by Crippen LogP contribution is -2.31. The molecule has 120 valence electrons. The molecule has 0 fully saturated rings. The molecule has 0 saturated carbocycles. The number of hydrogen-bond acceptors (Lipinski definition) is 3. The highest BCUT2D eigenvalue weighted by Crippen LogP contribution is 2.42. The maximum absolute atomic E-state index is 10.2. The van der Waals surface area contributed by atoms with E-state index in [4.69, 9.17) is 11.6 Å². The fraction of sp³-hybridized carbons (Fsp3) is 0.263. The Morgan fingerprint density at radius 1 is 1.13 bits per heavy atom. The number of fused-ring (bicyclic) bond motifs is 1. The average molecular weight is 330 g/mol. The zero-order chi connectivity index (χ0) is 16.8. The van der Waals surface area contributed by atoms with Gasteiger partial charge in [0, 0.05) is 21.8 Å². The van der Waals surface area contributed by atoms with Crippen molar-refractivity contribution in [1.82, 2.24) is 0 Å². The molecule has 4 heteroatoms. The van der Waals surface area contributed by atoms with Crippen LogP contribution in [0.2, 0.25) is 5.02 Å². The number of aromatic hydroxyl groups is 1. The number of aliphatic hydroxyl groups excluding tert-OH is 1. The molecular formula is C19H20ClNO2. The number of allylic oxidation sites excluding steroid dienone is 1. The number of aliphatic hydroxyl groups is 1. The molecule has 3 nitrogen and oxygen atoms in total. The first kappa shape index (κ1) is 15.9. The number of phenolic OH excluding ortho intramolecular Hbond substituents is 1. The third-order valence-corrected chi connectivity index (χ3v) is 4.38. The van der Waals surface area contributed by atoms with E-state index in [0.717, 1.165) is 28.0 Å². The zero-order valence-corrected chi connectivity index (χ0v) is 14.2. The highest BCUT2D eigenvalue weighted by molar-refractivity contribution is 6.31. The van der Waals surface area contributed by atoms with E-state index in [1.807, 2.05) is 19.1 Å². The molecule has 0 aromatic heterocycles. The molecule has 1 aliphatic rings. The molecule has 0 atom stereocenters. The van der Waals surface area contributed by atoms with Crippen molar-refractivity contribution >= 4 is 22.9 Å². The molecule has 2 aromatic rings. The lowest BCUT2D eigenvalue weighted by atomic mass is 9.85. The monoisotopic (exact) mass is 329 g/mol. The minimum atomic E-state index is -0.135. The number of benzene rings is 2. The molecule has 0 unspecified atom stereocenters. The summed E-state index contributed by atoms with van der Waals surface area (Å²) in [6, 6.07) is 8.84. The summed E-state index contributed by atoms with van der Waals surface area (Å²) in [6.45, 7) is 6.14. The van der Waals surface area contributed by atoms with Gasteiger partial charge < -0.3 is 15.5 Å². The summed E-state index contributed by atoms with van der Waals surface area (Å²) in [5.41, 5.74) is 5.16. The molecule has 0 radical (unpaired) electrons. The van der Waals surface area contributed by atoms with E-state index in [2.05, 4.69) is 25.2 Å². The second kappa shape index (κ2) is 5.59. The van der Waals surface area contributed by atoms with Crippen LogP contribution in [0.25, 0.3) is 16.7 Å². The van der Waals surface area contributed by atoms with E-state index in [1.54, 1.807) is 18.2 Å². The van der Waals surface area contributed by atoms with E-state index in [-0.39, 0.29) is 17.9 Å². The smallest absolute Gasteiger partial charge is 0.123 e. The number of hydrogen-bond donors (Lipinski definition) is 3. The molecule has 0 amide bonds. The summed E-state index contributed by atoms with van der Waals surface area (Å²) >= 11 is 6.07. The van der Waals surface area contributed by atoms with Gasteiger partial charge in [0.25, 0.3) is 0 Å². The van der Waals surface area contributed by atoms with Crippen molar-refractivity contribution < 1.29 is 10.2 Å². The Balaban J connectivity index is 2.26. The number of phenols is 1. The Morgan fingerprint density at radius 3 is 2.57 bits per heavy atom. The van der Waals surface area contributed by atoms with Gasteiger partial charge in [0.2, 0.25) is 0 Å². The fourth-order valence-corrected chi connectivity index (χ4v) is 3.51. The van der Waals surface area contributed by atoms with Crippen molar-refractivity contribution in [3.05, 3.63) is 52.6 Å². The normalized spacial score (nSPS) is 15.6. The first-order chi connectivity index (χ1) is 10.8. The van der Waals surface area contributed by atoms with Crippen molar-refractivity contribution in [1.29, 1.82) is 0 Å². The molecule has 2 aromatic carbocycles. The van der Waals surface area contributed by atoms with Crippen molar-refractivity contribution in [2.45, 2.75) is 32.9 Å². The minimum absolute atomic E-state index is 0.113. The van der Waals surface area contributed by atoms with E-state index in [0.29, 0.717) is 10.6 Å². The molecule has 0 aliphatic carbocycles. The van der Waals surface area contributed by atoms with Gasteiger partial charge in [-0.2, -0.15) is 0 Å². The molecule has 3 N–H and O–H groups in total. The van der Waals surface area contributed by atoms with Gasteiger partial charge in [-0.15, -0.1) is 0 Å². The van der Waals surface area contributed by atoms with Crippen molar-refractivity contribution in [2.75, 3.05) is 5.32 Å². The molecule has 23 heavy (non-hydrogen) atoms. The third kappa shape index (κ3) is 2.82. The second-order valence-electron chi connectivity index (χ2n) is 6.51. The van der Waals surface area contributed by atoms with Crippen LogP contribution in [-0.2, 0) is 6.61 Å². The van der Waals surface area contributed by atoms with Gasteiger partial charge in [0.1, 0.15) is 5.75 Å². The predicted molar refractivity (Wildman–Crippen MR) is 95.8 cm³/mol. The van der Waals surface area contributed by atoms with Crippen LogP contribution >= 0.6 is 11.6 Å². The molecule has 3 rings (SSSR count). The van der Waals surface area contributed by atoms with Crippen LogP contribution in [0.5, 0.6) is 5.75 Å². The van der Waals surface area contributed by atoms with Crippen LogP contribution in [0.15, 0.2) is 36.4 Å². The average Bonchev–Trinajstić information content (AvgIpc) is 2.47. The van der Waals surface area contributed by atoms with Gasteiger partial charge in [-0.1, -0.05) is 23.7 Å². The number of nitrogens with one attached hydrogen (secondary N) is 1. The highest BCUT2D eigenvalue weighted by Gasteiger charge is 2.26. The Hall–Kier alpha value is -1.97. The fourth-order valence-electron chi connectivity index (χ4n) is 3.34. The molecule has 1 aliphatic heterocycles. The van der Waals surface area contributed by atoms with Crippen molar-refractivity contribution in [3.8, 4) is 16.9 Å². The molecule has 0 bridgehead atoms. The van der Waals surface area contributed by atoms with Gasteiger partial charge in [-0.05, 0) is 61.7 Å². The second-order valence-corrected chi connectivity index (χ2v) is 6.94. The largest absolute Gasteiger partial charge is 0.507 e. The lowest BCUT2D eigenvalue weighted by Gasteiger charge is -2.33. The highest BCUT2D eigenvalue weighted by atomic mass is 35.5. The van der Waals surface area contributed by atoms with Gasteiger partial charge in [-0.3, -0.25) is 0 Å². The van der Waals surface area contributed by atoms with Crippen molar-refractivity contribution in [3.63, 3.8) is 0 Å². The van der Waals surface area contributed by atoms with Crippen LogP contribution in [0, 0.1) is 0 Å². The third-order valence-electron chi connectivity index (χ3n) is 4.15. The van der Waals surface area contributed by atoms with Crippen LogP contribution in [0.3, 0.4) is 0 Å². The van der Waals surface area contributed by atoms with Gasteiger partial charge in [-0.25, -0.2) is 0 Å². The number of anilines is 1. The Morgan fingerprint density at radius 2 is 1.87 bits per heavy atom. The summed E-state index contributed by atoms with van der Waals surface area (Å²) in [5.74, 6) is 0.148. The quantitative estimate of drug-likeness (QED) is 0.741. The van der Waals surface area contributed by atoms with E-state index in [1.165, 1.54) is 0 Å². The van der Waals surface area contributed by atoms with E-state index >= 15 is 0 Å².